The third-order valence-electron chi connectivity index (χ3n) is 3.74. The van der Waals surface area contributed by atoms with Gasteiger partial charge >= 0.3 is 5.97 Å². The fraction of sp³-hybridized carbons (Fsp3) is 0.105. The van der Waals surface area contributed by atoms with Crippen LogP contribution in [0, 0.1) is 0 Å². The molecule has 0 aliphatic carbocycles. The van der Waals surface area contributed by atoms with E-state index in [1.807, 2.05) is 48.5 Å². The van der Waals surface area contributed by atoms with Crippen LogP contribution in [0.3, 0.4) is 0 Å². The topological polar surface area (TPSA) is 47.2 Å². The summed E-state index contributed by atoms with van der Waals surface area (Å²) in [7, 11) is 0. The van der Waals surface area contributed by atoms with Crippen LogP contribution in [0.25, 0.3) is 10.8 Å². The Morgan fingerprint density at radius 1 is 0.958 bits per heavy atom. The first-order chi connectivity index (χ1) is 11.7. The van der Waals surface area contributed by atoms with Gasteiger partial charge in [-0.2, -0.15) is 4.57 Å². The van der Waals surface area contributed by atoms with E-state index in [4.69, 9.17) is 4.74 Å². The van der Waals surface area contributed by atoms with E-state index in [-0.39, 0.29) is 18.3 Å². The fourth-order valence-corrected chi connectivity index (χ4v) is 2.73. The van der Waals surface area contributed by atoms with Crippen LogP contribution in [0.15, 0.2) is 66.9 Å². The first kappa shape index (κ1) is 16.2. The standard InChI is InChI=1S/C19H15NO3S/c21-17(15-7-2-1-3-8-15)12-20-11-10-14-6-4-5-9-16(14)18(20)19(22)23-13-24/h1-11H,12-13H2/p+1. The van der Waals surface area contributed by atoms with Gasteiger partial charge in [-0.25, -0.2) is 4.79 Å². The monoisotopic (exact) mass is 338 g/mol. The molecule has 0 N–H and O–H groups in total. The maximum absolute atomic E-state index is 12.5. The minimum absolute atomic E-state index is 0.0192. The molecule has 3 aromatic rings. The van der Waals surface area contributed by atoms with Crippen LogP contribution in [0.4, 0.5) is 0 Å². The van der Waals surface area contributed by atoms with Crippen molar-refractivity contribution >= 4 is 35.2 Å². The molecule has 0 fully saturated rings. The average Bonchev–Trinajstić information content (AvgIpc) is 2.62. The van der Waals surface area contributed by atoms with Crippen molar-refractivity contribution in [3.63, 3.8) is 0 Å². The zero-order chi connectivity index (χ0) is 16.9. The number of ketones is 1. The molecule has 0 spiro atoms. The first-order valence-corrected chi connectivity index (χ1v) is 8.11. The number of esters is 1. The van der Waals surface area contributed by atoms with Gasteiger partial charge in [0.2, 0.25) is 12.3 Å². The van der Waals surface area contributed by atoms with Gasteiger partial charge in [-0.3, -0.25) is 4.79 Å². The van der Waals surface area contributed by atoms with Gasteiger partial charge in [-0.15, -0.1) is 12.6 Å². The van der Waals surface area contributed by atoms with E-state index in [0.717, 1.165) is 10.8 Å². The van der Waals surface area contributed by atoms with Crippen molar-refractivity contribution in [3.8, 4) is 0 Å². The number of ether oxygens (including phenoxy) is 1. The lowest BCUT2D eigenvalue weighted by Crippen LogP contribution is -2.44. The van der Waals surface area contributed by atoms with E-state index in [9.17, 15) is 9.59 Å². The lowest BCUT2D eigenvalue weighted by Gasteiger charge is -2.06. The van der Waals surface area contributed by atoms with Gasteiger partial charge < -0.3 is 4.74 Å². The number of carbonyl (C=O) groups excluding carboxylic acids is 2. The Bertz CT molecular complexity index is 894. The zero-order valence-corrected chi connectivity index (χ0v) is 13.8. The SMILES string of the molecule is O=C(C[n+]1ccc2ccccc2c1C(=O)OCS)c1ccccc1. The smallest absolute Gasteiger partial charge is 0.405 e. The van der Waals surface area contributed by atoms with Crippen molar-refractivity contribution in [2.45, 2.75) is 6.54 Å². The van der Waals surface area contributed by atoms with Gasteiger partial charge in [0.15, 0.2) is 6.20 Å². The number of pyridine rings is 1. The molecule has 1 aromatic heterocycles. The zero-order valence-electron chi connectivity index (χ0n) is 12.9. The predicted molar refractivity (Wildman–Crippen MR) is 94.2 cm³/mol. The Morgan fingerprint density at radius 2 is 1.67 bits per heavy atom. The molecule has 0 saturated carbocycles. The number of hydrogen-bond donors (Lipinski definition) is 1. The lowest BCUT2D eigenvalue weighted by atomic mass is 10.1. The summed E-state index contributed by atoms with van der Waals surface area (Å²) in [5, 5.41) is 1.65. The molecule has 0 unspecified atom stereocenters. The summed E-state index contributed by atoms with van der Waals surface area (Å²) in [6.07, 6.45) is 1.73. The van der Waals surface area contributed by atoms with E-state index in [2.05, 4.69) is 12.6 Å². The van der Waals surface area contributed by atoms with Crippen molar-refractivity contribution in [1.82, 2.24) is 0 Å². The Labute approximate surface area is 145 Å². The molecule has 0 aliphatic rings. The van der Waals surface area contributed by atoms with E-state index in [1.54, 1.807) is 22.9 Å². The molecule has 4 nitrogen and oxygen atoms in total. The van der Waals surface area contributed by atoms with E-state index in [1.165, 1.54) is 0 Å². The summed E-state index contributed by atoms with van der Waals surface area (Å²) < 4.78 is 6.69. The van der Waals surface area contributed by atoms with Gasteiger partial charge in [0.05, 0.1) is 5.39 Å². The molecule has 0 amide bonds. The highest BCUT2D eigenvalue weighted by atomic mass is 32.1. The average molecular weight is 338 g/mol. The summed E-state index contributed by atoms with van der Waals surface area (Å²) in [5.41, 5.74) is 0.957. The number of thiol groups is 1. The number of benzene rings is 2. The van der Waals surface area contributed by atoms with Crippen LogP contribution >= 0.6 is 12.6 Å². The van der Waals surface area contributed by atoms with Gasteiger partial charge in [0, 0.05) is 11.6 Å². The van der Waals surface area contributed by atoms with E-state index >= 15 is 0 Å². The third kappa shape index (κ3) is 3.31. The molecule has 3 rings (SSSR count). The van der Waals surface area contributed by atoms with Crippen LogP contribution in [0.1, 0.15) is 20.8 Å². The Balaban J connectivity index is 2.05. The maximum Gasteiger partial charge on any atom is 0.405 e. The highest BCUT2D eigenvalue weighted by Crippen LogP contribution is 2.16. The quantitative estimate of drug-likeness (QED) is 0.256. The summed E-state index contributed by atoms with van der Waals surface area (Å²) in [6.45, 7) is 0.0614. The maximum atomic E-state index is 12.5. The molecule has 0 saturated heterocycles. The number of hydrogen-bond acceptors (Lipinski definition) is 4. The molecular weight excluding hydrogens is 322 g/mol. The molecule has 0 bridgehead atoms. The van der Waals surface area contributed by atoms with Gasteiger partial charge in [-0.1, -0.05) is 48.5 Å². The van der Waals surface area contributed by atoms with Gasteiger partial charge in [0.1, 0.15) is 5.94 Å². The predicted octanol–water partition coefficient (Wildman–Crippen LogP) is 3.05. The van der Waals surface area contributed by atoms with Gasteiger partial charge in [-0.05, 0) is 11.5 Å². The summed E-state index contributed by atoms with van der Waals surface area (Å²) >= 11 is 3.95. The lowest BCUT2D eigenvalue weighted by molar-refractivity contribution is -0.684. The molecule has 120 valence electrons. The van der Waals surface area contributed by atoms with Crippen molar-refractivity contribution in [2.75, 3.05) is 5.94 Å². The van der Waals surface area contributed by atoms with Crippen molar-refractivity contribution < 1.29 is 18.9 Å². The van der Waals surface area contributed by atoms with Crippen molar-refractivity contribution in [3.05, 3.63) is 78.1 Å². The van der Waals surface area contributed by atoms with Crippen LogP contribution in [-0.4, -0.2) is 17.7 Å². The van der Waals surface area contributed by atoms with Crippen LogP contribution in [0.2, 0.25) is 0 Å². The number of nitrogens with zero attached hydrogens (tertiary/aromatic N) is 1. The van der Waals surface area contributed by atoms with Crippen molar-refractivity contribution in [2.24, 2.45) is 0 Å². The molecule has 0 radical (unpaired) electrons. The Hall–Kier alpha value is -2.66. The number of Topliss-reactive ketones (excluding diaryl/α,β-unsaturated/α-hetero) is 1. The number of rotatable bonds is 5. The van der Waals surface area contributed by atoms with Crippen LogP contribution in [0.5, 0.6) is 0 Å². The molecule has 0 atom stereocenters. The third-order valence-corrected chi connectivity index (χ3v) is 3.86. The second-order valence-corrected chi connectivity index (χ2v) is 5.49. The normalized spacial score (nSPS) is 10.5. The highest BCUT2D eigenvalue weighted by Gasteiger charge is 2.26. The van der Waals surface area contributed by atoms with Crippen molar-refractivity contribution in [1.29, 1.82) is 0 Å². The number of carbonyl (C=O) groups is 2. The minimum atomic E-state index is -0.498. The molecule has 5 heteroatoms. The Morgan fingerprint density at radius 3 is 2.42 bits per heavy atom. The number of aromatic nitrogens is 1. The Kier molecular flexibility index (Phi) is 4.91. The molecular formula is C19H16NO3S+. The summed E-state index contributed by atoms with van der Waals surface area (Å²) in [4.78, 5) is 24.9. The van der Waals surface area contributed by atoms with Crippen LogP contribution < -0.4 is 4.57 Å². The minimum Gasteiger partial charge on any atom is -0.447 e. The second-order valence-electron chi connectivity index (χ2n) is 5.23. The molecule has 1 heterocycles. The van der Waals surface area contributed by atoms with E-state index in [0.29, 0.717) is 11.3 Å². The summed E-state index contributed by atoms with van der Waals surface area (Å²) in [6, 6.07) is 18.4. The molecule has 0 aliphatic heterocycles. The fourth-order valence-electron chi connectivity index (χ4n) is 2.61. The number of fused-ring (bicyclic) bond motifs is 1. The highest BCUT2D eigenvalue weighted by molar-refractivity contribution is 7.80. The first-order valence-electron chi connectivity index (χ1n) is 7.48. The second kappa shape index (κ2) is 7.27. The molecule has 2 aromatic carbocycles. The largest absolute Gasteiger partial charge is 0.447 e. The van der Waals surface area contributed by atoms with Crippen LogP contribution in [-0.2, 0) is 11.3 Å². The molecule has 24 heavy (non-hydrogen) atoms. The van der Waals surface area contributed by atoms with Gasteiger partial charge in [0.25, 0.3) is 5.69 Å². The van der Waals surface area contributed by atoms with E-state index < -0.39 is 5.97 Å². The summed E-state index contributed by atoms with van der Waals surface area (Å²) in [5.74, 6) is -0.590.